The van der Waals surface area contributed by atoms with Crippen LogP contribution in [0.2, 0.25) is 0 Å². The van der Waals surface area contributed by atoms with E-state index in [-0.39, 0.29) is 17.4 Å². The average molecular weight is 446 g/mol. The number of hydrogen-bond donors (Lipinski definition) is 3. The van der Waals surface area contributed by atoms with Gasteiger partial charge in [-0.1, -0.05) is 0 Å². The minimum atomic E-state index is -3.68. The molecular weight excluding hydrogens is 424 g/mol. The van der Waals surface area contributed by atoms with Gasteiger partial charge in [-0.05, 0) is 25.1 Å². The molecule has 1 atom stereocenters. The van der Waals surface area contributed by atoms with Crippen LogP contribution in [-0.4, -0.2) is 61.1 Å². The highest BCUT2D eigenvalue weighted by molar-refractivity contribution is 7.89. The lowest BCUT2D eigenvalue weighted by molar-refractivity contribution is 0.102. The fraction of sp³-hybridized carbons (Fsp3) is 0.368. The van der Waals surface area contributed by atoms with Crippen LogP contribution in [0, 0.1) is 12.3 Å². The number of guanidine groups is 1. The molecule has 1 spiro atoms. The molecule has 1 aromatic heterocycles. The Bertz CT molecular complexity index is 1180. The van der Waals surface area contributed by atoms with Gasteiger partial charge in [0.05, 0.1) is 36.9 Å². The monoisotopic (exact) mass is 446 g/mol. The van der Waals surface area contributed by atoms with Crippen LogP contribution >= 0.6 is 0 Å². The molecule has 31 heavy (non-hydrogen) atoms. The average Bonchev–Trinajstić information content (AvgIpc) is 2.72. The molecule has 1 amide bonds. The number of benzene rings is 1. The molecule has 1 aromatic carbocycles. The van der Waals surface area contributed by atoms with Gasteiger partial charge in [-0.25, -0.2) is 22.7 Å². The number of fused-ring (bicyclic) bond motifs is 2. The Morgan fingerprint density at radius 1 is 1.42 bits per heavy atom. The Morgan fingerprint density at radius 3 is 2.87 bits per heavy atom. The zero-order valence-corrected chi connectivity index (χ0v) is 18.0. The van der Waals surface area contributed by atoms with Crippen LogP contribution in [0.4, 0.5) is 5.69 Å². The van der Waals surface area contributed by atoms with Crippen molar-refractivity contribution in [3.05, 3.63) is 41.3 Å². The largest absolute Gasteiger partial charge is 0.493 e. The van der Waals surface area contributed by atoms with Gasteiger partial charge in [0.25, 0.3) is 5.91 Å². The number of nitrogens with zero attached hydrogens (tertiary/aromatic N) is 3. The summed E-state index contributed by atoms with van der Waals surface area (Å²) < 4.78 is 36.9. The molecule has 2 aliphatic rings. The minimum absolute atomic E-state index is 0.145. The van der Waals surface area contributed by atoms with Crippen molar-refractivity contribution in [3.8, 4) is 11.6 Å². The number of anilines is 1. The van der Waals surface area contributed by atoms with Gasteiger partial charge in [-0.3, -0.25) is 10.2 Å². The summed E-state index contributed by atoms with van der Waals surface area (Å²) in [7, 11) is -0.876. The van der Waals surface area contributed by atoms with Gasteiger partial charge in [0, 0.05) is 24.7 Å². The molecule has 3 N–H and O–H groups in total. The Balaban J connectivity index is 1.67. The number of aromatic nitrogens is 2. The smallest absolute Gasteiger partial charge is 0.276 e. The molecule has 1 fully saturated rings. The summed E-state index contributed by atoms with van der Waals surface area (Å²) in [5.41, 5.74) is 0.537. The molecule has 3 heterocycles. The summed E-state index contributed by atoms with van der Waals surface area (Å²) in [4.78, 5) is 21.0. The second kappa shape index (κ2) is 7.38. The predicted molar refractivity (Wildman–Crippen MR) is 112 cm³/mol. The number of amides is 1. The summed E-state index contributed by atoms with van der Waals surface area (Å²) >= 11 is 0. The van der Waals surface area contributed by atoms with Crippen molar-refractivity contribution in [2.24, 2.45) is 0 Å². The highest BCUT2D eigenvalue weighted by Crippen LogP contribution is 2.41. The van der Waals surface area contributed by atoms with E-state index in [2.05, 4.69) is 20.6 Å². The van der Waals surface area contributed by atoms with E-state index in [1.165, 1.54) is 20.4 Å². The molecule has 12 heteroatoms. The highest BCUT2D eigenvalue weighted by Gasteiger charge is 2.48. The van der Waals surface area contributed by atoms with Crippen molar-refractivity contribution in [2.45, 2.75) is 18.9 Å². The van der Waals surface area contributed by atoms with Gasteiger partial charge >= 0.3 is 0 Å². The SMILES string of the molecule is COc1cnc(C(=O)Nc2ccc3c(c2)[C@]2(CCO3)CS(=O)(=O)N(C)C(=N)N2)c(C)n1. The van der Waals surface area contributed by atoms with Gasteiger partial charge in [-0.2, -0.15) is 0 Å². The molecule has 11 nitrogen and oxygen atoms in total. The number of carbonyl (C=O) groups excluding carboxylic acids is 1. The first kappa shape index (κ1) is 20.8. The fourth-order valence-corrected chi connectivity index (χ4v) is 5.23. The third kappa shape index (κ3) is 3.63. The van der Waals surface area contributed by atoms with Crippen LogP contribution in [0.1, 0.15) is 28.2 Å². The van der Waals surface area contributed by atoms with Gasteiger partial charge < -0.3 is 20.1 Å². The Kier molecular flexibility index (Phi) is 4.96. The number of methoxy groups -OCH3 is 1. The number of aryl methyl sites for hydroxylation is 1. The van der Waals surface area contributed by atoms with Crippen LogP contribution < -0.4 is 20.1 Å². The molecule has 0 radical (unpaired) electrons. The third-order valence-electron chi connectivity index (χ3n) is 5.41. The number of carbonyl (C=O) groups is 1. The summed E-state index contributed by atoms with van der Waals surface area (Å²) in [6.45, 7) is 1.96. The third-order valence-corrected chi connectivity index (χ3v) is 7.28. The number of nitrogens with one attached hydrogen (secondary N) is 3. The Morgan fingerprint density at radius 2 is 2.19 bits per heavy atom. The summed E-state index contributed by atoms with van der Waals surface area (Å²) in [5.74, 6) is -0.0909. The quantitative estimate of drug-likeness (QED) is 0.628. The lowest BCUT2D eigenvalue weighted by Gasteiger charge is -2.45. The first-order valence-corrected chi connectivity index (χ1v) is 11.1. The fourth-order valence-electron chi connectivity index (χ4n) is 3.72. The summed E-state index contributed by atoms with van der Waals surface area (Å²) in [5, 5.41) is 13.9. The van der Waals surface area contributed by atoms with Crippen molar-refractivity contribution in [2.75, 3.05) is 31.8 Å². The molecule has 0 saturated carbocycles. The van der Waals surface area contributed by atoms with E-state index in [1.807, 2.05) is 0 Å². The van der Waals surface area contributed by atoms with Crippen LogP contribution in [0.15, 0.2) is 24.4 Å². The van der Waals surface area contributed by atoms with Crippen molar-refractivity contribution in [1.29, 1.82) is 5.41 Å². The molecule has 1 saturated heterocycles. The number of rotatable bonds is 3. The highest BCUT2D eigenvalue weighted by atomic mass is 32.2. The lowest BCUT2D eigenvalue weighted by Crippen LogP contribution is -2.63. The molecular formula is C19H22N6O5S. The van der Waals surface area contributed by atoms with Crippen molar-refractivity contribution in [3.63, 3.8) is 0 Å². The van der Waals surface area contributed by atoms with E-state index in [0.29, 0.717) is 41.6 Å². The van der Waals surface area contributed by atoms with Crippen LogP contribution in [0.25, 0.3) is 0 Å². The van der Waals surface area contributed by atoms with Gasteiger partial charge in [0.1, 0.15) is 11.4 Å². The predicted octanol–water partition coefficient (Wildman–Crippen LogP) is 0.823. The normalized spacial score (nSPS) is 21.6. The van der Waals surface area contributed by atoms with Crippen molar-refractivity contribution in [1.82, 2.24) is 19.6 Å². The summed E-state index contributed by atoms with van der Waals surface area (Å²) in [6, 6.07) is 5.01. The zero-order chi connectivity index (χ0) is 22.4. The van der Waals surface area contributed by atoms with E-state index in [1.54, 1.807) is 25.1 Å². The molecule has 0 aliphatic carbocycles. The van der Waals surface area contributed by atoms with Gasteiger partial charge in [0.15, 0.2) is 0 Å². The van der Waals surface area contributed by atoms with Gasteiger partial charge in [0.2, 0.25) is 21.9 Å². The standard InChI is InChI=1S/C19H22N6O5S/c1-11-16(21-9-15(22-11)29-3)17(26)23-12-4-5-14-13(8-12)19(6-7-30-14)10-31(27,28)25(2)18(20)24-19/h4-5,8-9H,6-7,10H2,1-3H3,(H2,20,24)(H,23,26)/t19-/m0/s1. The Hall–Kier alpha value is -3.41. The van der Waals surface area contributed by atoms with E-state index in [0.717, 1.165) is 4.31 Å². The maximum absolute atomic E-state index is 12.7. The number of ether oxygens (including phenoxy) is 2. The lowest BCUT2D eigenvalue weighted by atomic mass is 9.85. The zero-order valence-electron chi connectivity index (χ0n) is 17.2. The van der Waals surface area contributed by atoms with E-state index >= 15 is 0 Å². The Labute approximate surface area is 179 Å². The molecule has 0 unspecified atom stereocenters. The molecule has 0 bridgehead atoms. The maximum atomic E-state index is 12.7. The molecule has 4 rings (SSSR count). The number of sulfonamides is 1. The maximum Gasteiger partial charge on any atom is 0.276 e. The van der Waals surface area contributed by atoms with Crippen LogP contribution in [-0.2, 0) is 15.6 Å². The second-order valence-corrected chi connectivity index (χ2v) is 9.39. The van der Waals surface area contributed by atoms with Crippen LogP contribution in [0.5, 0.6) is 11.6 Å². The summed E-state index contributed by atoms with van der Waals surface area (Å²) in [6.07, 6.45) is 1.71. The van der Waals surface area contributed by atoms with E-state index < -0.39 is 21.5 Å². The van der Waals surface area contributed by atoms with Crippen LogP contribution in [0.3, 0.4) is 0 Å². The first-order chi connectivity index (χ1) is 14.6. The van der Waals surface area contributed by atoms with E-state index in [4.69, 9.17) is 14.9 Å². The minimum Gasteiger partial charge on any atom is -0.493 e. The second-order valence-electron chi connectivity index (χ2n) is 7.39. The molecule has 164 valence electrons. The number of hydrogen-bond acceptors (Lipinski definition) is 8. The first-order valence-electron chi connectivity index (χ1n) is 9.45. The van der Waals surface area contributed by atoms with Crippen molar-refractivity contribution >= 4 is 27.6 Å². The molecule has 2 aliphatic heterocycles. The van der Waals surface area contributed by atoms with E-state index in [9.17, 15) is 13.2 Å². The van der Waals surface area contributed by atoms with Gasteiger partial charge in [-0.15, -0.1) is 0 Å². The topological polar surface area (TPSA) is 147 Å². The molecule has 2 aromatic rings. The van der Waals surface area contributed by atoms with Crippen molar-refractivity contribution < 1.29 is 22.7 Å².